The quantitative estimate of drug-likeness (QED) is 0.900. The lowest BCUT2D eigenvalue weighted by molar-refractivity contribution is -0.139. The predicted molar refractivity (Wildman–Crippen MR) is 99.8 cm³/mol. The predicted octanol–water partition coefficient (Wildman–Crippen LogP) is 2.51. The Bertz CT molecular complexity index is 697. The monoisotopic (exact) mass is 357 g/mol. The van der Waals surface area contributed by atoms with Gasteiger partial charge in [0, 0.05) is 36.8 Å². The first-order chi connectivity index (χ1) is 12.5. The largest absolute Gasteiger partial charge is 0.339 e. The first kappa shape index (κ1) is 18.4. The molecule has 1 aromatic rings. The van der Waals surface area contributed by atoms with Crippen molar-refractivity contribution in [1.82, 2.24) is 9.80 Å². The lowest BCUT2D eigenvalue weighted by Gasteiger charge is -2.38. The SMILES string of the molecule is CCN1CCN(C(=O)c2cccc(NC(=O)C3CCCC3)c2)[C@@H](C)C1=O. The zero-order valence-corrected chi connectivity index (χ0v) is 15.5. The van der Waals surface area contributed by atoms with Crippen LogP contribution in [0.25, 0.3) is 0 Å². The van der Waals surface area contributed by atoms with Gasteiger partial charge in [-0.25, -0.2) is 0 Å². The molecule has 2 fully saturated rings. The van der Waals surface area contributed by atoms with Crippen molar-refractivity contribution in [2.24, 2.45) is 5.92 Å². The third-order valence-corrected chi connectivity index (χ3v) is 5.49. The number of hydrogen-bond acceptors (Lipinski definition) is 3. The van der Waals surface area contributed by atoms with Crippen molar-refractivity contribution in [3.05, 3.63) is 29.8 Å². The summed E-state index contributed by atoms with van der Waals surface area (Å²) in [6, 6.07) is 6.54. The highest BCUT2D eigenvalue weighted by molar-refractivity contribution is 6.00. The minimum absolute atomic E-state index is 0.0159. The van der Waals surface area contributed by atoms with Crippen molar-refractivity contribution in [2.75, 3.05) is 25.0 Å². The van der Waals surface area contributed by atoms with Crippen molar-refractivity contribution >= 4 is 23.4 Å². The molecule has 0 spiro atoms. The first-order valence-electron chi connectivity index (χ1n) is 9.52. The van der Waals surface area contributed by atoms with Crippen LogP contribution in [0.3, 0.4) is 0 Å². The number of amides is 3. The molecule has 0 aromatic heterocycles. The van der Waals surface area contributed by atoms with Crippen molar-refractivity contribution in [3.8, 4) is 0 Å². The summed E-state index contributed by atoms with van der Waals surface area (Å²) in [4.78, 5) is 40.9. The highest BCUT2D eigenvalue weighted by atomic mass is 16.2. The van der Waals surface area contributed by atoms with Crippen LogP contribution in [-0.2, 0) is 9.59 Å². The van der Waals surface area contributed by atoms with Gasteiger partial charge in [-0.1, -0.05) is 18.9 Å². The number of hydrogen-bond donors (Lipinski definition) is 1. The Morgan fingerprint density at radius 2 is 1.92 bits per heavy atom. The van der Waals surface area contributed by atoms with Gasteiger partial charge in [0.1, 0.15) is 6.04 Å². The molecular weight excluding hydrogens is 330 g/mol. The Morgan fingerprint density at radius 1 is 1.19 bits per heavy atom. The molecule has 1 atom stereocenters. The van der Waals surface area contributed by atoms with Gasteiger partial charge in [0.25, 0.3) is 5.91 Å². The average Bonchev–Trinajstić information content (AvgIpc) is 3.18. The molecule has 1 aromatic carbocycles. The maximum atomic E-state index is 12.9. The molecule has 6 nitrogen and oxygen atoms in total. The highest BCUT2D eigenvalue weighted by Gasteiger charge is 2.34. The van der Waals surface area contributed by atoms with E-state index < -0.39 is 6.04 Å². The number of benzene rings is 1. The van der Waals surface area contributed by atoms with E-state index in [2.05, 4.69) is 5.32 Å². The molecule has 1 heterocycles. The molecule has 0 bridgehead atoms. The van der Waals surface area contributed by atoms with E-state index in [4.69, 9.17) is 0 Å². The topological polar surface area (TPSA) is 69.7 Å². The molecule has 26 heavy (non-hydrogen) atoms. The summed E-state index contributed by atoms with van der Waals surface area (Å²) in [5.41, 5.74) is 1.14. The van der Waals surface area contributed by atoms with Gasteiger partial charge in [-0.3, -0.25) is 14.4 Å². The zero-order chi connectivity index (χ0) is 18.7. The molecule has 1 aliphatic carbocycles. The van der Waals surface area contributed by atoms with Gasteiger partial charge in [-0.2, -0.15) is 0 Å². The molecule has 0 radical (unpaired) electrons. The third kappa shape index (κ3) is 3.74. The summed E-state index contributed by atoms with van der Waals surface area (Å²) < 4.78 is 0. The van der Waals surface area contributed by atoms with E-state index in [9.17, 15) is 14.4 Å². The van der Waals surface area contributed by atoms with Crippen LogP contribution >= 0.6 is 0 Å². The summed E-state index contributed by atoms with van der Waals surface area (Å²) in [6.07, 6.45) is 4.08. The minimum atomic E-state index is -0.465. The molecular formula is C20H27N3O3. The molecule has 1 saturated heterocycles. The number of carbonyl (C=O) groups excluding carboxylic acids is 3. The number of carbonyl (C=O) groups is 3. The van der Waals surface area contributed by atoms with Crippen molar-refractivity contribution in [1.29, 1.82) is 0 Å². The van der Waals surface area contributed by atoms with Crippen LogP contribution < -0.4 is 5.32 Å². The number of nitrogens with zero attached hydrogens (tertiary/aromatic N) is 2. The van der Waals surface area contributed by atoms with Gasteiger partial charge in [0.2, 0.25) is 11.8 Å². The zero-order valence-electron chi connectivity index (χ0n) is 15.5. The Kier molecular flexibility index (Phi) is 5.59. The standard InChI is InChI=1S/C20H27N3O3/c1-3-22-11-12-23(14(2)19(22)25)20(26)16-9-6-10-17(13-16)21-18(24)15-7-4-5-8-15/h6,9-10,13-15H,3-5,7-8,11-12H2,1-2H3,(H,21,24)/t14-/m0/s1. The summed E-state index contributed by atoms with van der Waals surface area (Å²) in [7, 11) is 0. The van der Waals surface area contributed by atoms with Gasteiger partial charge in [0.05, 0.1) is 0 Å². The number of nitrogens with one attached hydrogen (secondary N) is 1. The molecule has 2 aliphatic rings. The molecule has 3 rings (SSSR count). The third-order valence-electron chi connectivity index (χ3n) is 5.49. The van der Waals surface area contributed by atoms with E-state index in [0.29, 0.717) is 30.9 Å². The second kappa shape index (κ2) is 7.89. The van der Waals surface area contributed by atoms with Crippen LogP contribution in [0.5, 0.6) is 0 Å². The maximum absolute atomic E-state index is 12.9. The van der Waals surface area contributed by atoms with Gasteiger partial charge in [0.15, 0.2) is 0 Å². The van der Waals surface area contributed by atoms with E-state index in [1.807, 2.05) is 6.92 Å². The van der Waals surface area contributed by atoms with Gasteiger partial charge in [-0.15, -0.1) is 0 Å². The summed E-state index contributed by atoms with van der Waals surface area (Å²) in [5.74, 6) is -0.0716. The van der Waals surface area contributed by atoms with Gasteiger partial charge in [-0.05, 0) is 44.9 Å². The Hall–Kier alpha value is -2.37. The Labute approximate surface area is 154 Å². The smallest absolute Gasteiger partial charge is 0.254 e. The fourth-order valence-corrected chi connectivity index (χ4v) is 3.85. The molecule has 0 unspecified atom stereocenters. The highest BCUT2D eigenvalue weighted by Crippen LogP contribution is 2.26. The van der Waals surface area contributed by atoms with E-state index in [1.54, 1.807) is 41.0 Å². The van der Waals surface area contributed by atoms with E-state index in [1.165, 1.54) is 0 Å². The molecule has 140 valence electrons. The normalized spacial score (nSPS) is 21.2. The molecule has 1 N–H and O–H groups in total. The molecule has 3 amide bonds. The van der Waals surface area contributed by atoms with Crippen molar-refractivity contribution < 1.29 is 14.4 Å². The van der Waals surface area contributed by atoms with E-state index in [-0.39, 0.29) is 23.6 Å². The van der Waals surface area contributed by atoms with Gasteiger partial charge >= 0.3 is 0 Å². The van der Waals surface area contributed by atoms with Crippen LogP contribution in [0.1, 0.15) is 49.9 Å². The van der Waals surface area contributed by atoms with Crippen molar-refractivity contribution in [3.63, 3.8) is 0 Å². The number of piperazine rings is 1. The second-order valence-electron chi connectivity index (χ2n) is 7.14. The number of anilines is 1. The average molecular weight is 357 g/mol. The molecule has 1 saturated carbocycles. The van der Waals surface area contributed by atoms with E-state index >= 15 is 0 Å². The fraction of sp³-hybridized carbons (Fsp3) is 0.550. The van der Waals surface area contributed by atoms with Crippen LogP contribution in [0.15, 0.2) is 24.3 Å². The summed E-state index contributed by atoms with van der Waals surface area (Å²) in [6.45, 7) is 5.46. The van der Waals surface area contributed by atoms with Crippen LogP contribution in [0, 0.1) is 5.92 Å². The van der Waals surface area contributed by atoms with Crippen molar-refractivity contribution in [2.45, 2.75) is 45.6 Å². The summed E-state index contributed by atoms with van der Waals surface area (Å²) in [5, 5.41) is 2.93. The lowest BCUT2D eigenvalue weighted by atomic mass is 10.1. The Balaban J connectivity index is 1.70. The lowest BCUT2D eigenvalue weighted by Crippen LogP contribution is -2.57. The fourth-order valence-electron chi connectivity index (χ4n) is 3.85. The van der Waals surface area contributed by atoms with Gasteiger partial charge < -0.3 is 15.1 Å². The van der Waals surface area contributed by atoms with Crippen LogP contribution in [0.4, 0.5) is 5.69 Å². The van der Waals surface area contributed by atoms with E-state index in [0.717, 1.165) is 25.7 Å². The molecule has 1 aliphatic heterocycles. The first-order valence-corrected chi connectivity index (χ1v) is 9.52. The minimum Gasteiger partial charge on any atom is -0.339 e. The van der Waals surface area contributed by atoms with Crippen LogP contribution in [-0.4, -0.2) is 53.2 Å². The maximum Gasteiger partial charge on any atom is 0.254 e. The summed E-state index contributed by atoms with van der Waals surface area (Å²) >= 11 is 0. The van der Waals surface area contributed by atoms with Crippen LogP contribution in [0.2, 0.25) is 0 Å². The number of likely N-dealkylation sites (N-methyl/N-ethyl adjacent to an activating group) is 1. The molecule has 6 heteroatoms. The Morgan fingerprint density at radius 3 is 2.62 bits per heavy atom. The second-order valence-corrected chi connectivity index (χ2v) is 7.14. The number of rotatable bonds is 4.